The van der Waals surface area contributed by atoms with Crippen LogP contribution < -0.4 is 0 Å². The Morgan fingerprint density at radius 2 is 0.867 bits per heavy atom. The van der Waals surface area contributed by atoms with E-state index in [2.05, 4.69) is 11.1 Å². The lowest BCUT2D eigenvalue weighted by atomic mass is 9.95. The molecular weight excluding hydrogens is 588 g/mol. The molecule has 7 aromatic rings. The molecule has 0 N–H and O–H groups in total. The summed E-state index contributed by atoms with van der Waals surface area (Å²) in [6, 6.07) is 35.7. The lowest BCUT2D eigenvalue weighted by Crippen LogP contribution is -2.11. The second kappa shape index (κ2) is 10.7. The zero-order chi connectivity index (χ0) is 31.3. The molecule has 1 aromatic heterocycles. The maximum absolute atomic E-state index is 13.3. The molecule has 8 heteroatoms. The molecule has 0 aliphatic carbocycles. The molecule has 0 fully saturated rings. The van der Waals surface area contributed by atoms with Crippen LogP contribution in [0.2, 0.25) is 0 Å². The molecule has 0 bridgehead atoms. The number of alkyl halides is 6. The monoisotopic (exact) mass is 609 g/mol. The van der Waals surface area contributed by atoms with Crippen LogP contribution in [-0.2, 0) is 12.4 Å². The number of hydrogen-bond donors (Lipinski definition) is 0. The number of halogens is 6. The highest BCUT2D eigenvalue weighted by Gasteiger charge is 2.37. The van der Waals surface area contributed by atoms with E-state index in [0.717, 1.165) is 61.8 Å². The first-order chi connectivity index (χ1) is 21.5. The van der Waals surface area contributed by atoms with Gasteiger partial charge in [0.1, 0.15) is 5.52 Å². The van der Waals surface area contributed by atoms with Crippen LogP contribution in [0, 0.1) is 0 Å². The average Bonchev–Trinajstić information content (AvgIpc) is 3.48. The lowest BCUT2D eigenvalue weighted by molar-refractivity contribution is -0.143. The smallest absolute Gasteiger partial charge is 0.416 e. The third-order valence-corrected chi connectivity index (χ3v) is 7.74. The Morgan fingerprint density at radius 3 is 1.36 bits per heavy atom. The molecule has 0 aliphatic rings. The quantitative estimate of drug-likeness (QED) is 0.186. The summed E-state index contributed by atoms with van der Waals surface area (Å²) in [6.45, 7) is 0. The summed E-state index contributed by atoms with van der Waals surface area (Å²) in [4.78, 5) is 4.56. The predicted molar refractivity (Wildman–Crippen MR) is 163 cm³/mol. The van der Waals surface area contributed by atoms with Crippen LogP contribution in [0.25, 0.3) is 66.7 Å². The summed E-state index contributed by atoms with van der Waals surface area (Å²) >= 11 is 0. The van der Waals surface area contributed by atoms with Crippen molar-refractivity contribution in [1.29, 1.82) is 0 Å². The number of nitrogens with zero attached hydrogens (tertiary/aromatic N) is 1. The molecule has 0 atom stereocenters. The molecule has 0 spiro atoms. The van der Waals surface area contributed by atoms with E-state index in [9.17, 15) is 26.3 Å². The summed E-state index contributed by atoms with van der Waals surface area (Å²) < 4.78 is 85.8. The second-order valence-corrected chi connectivity index (χ2v) is 10.7. The maximum atomic E-state index is 13.3. The van der Waals surface area contributed by atoms with Gasteiger partial charge in [0.15, 0.2) is 5.58 Å². The molecule has 0 saturated heterocycles. The van der Waals surface area contributed by atoms with E-state index in [1.165, 1.54) is 12.1 Å². The van der Waals surface area contributed by atoms with Gasteiger partial charge < -0.3 is 4.42 Å². The van der Waals surface area contributed by atoms with Crippen molar-refractivity contribution in [3.05, 3.63) is 139 Å². The molecule has 6 aromatic carbocycles. The molecule has 0 saturated carbocycles. The highest BCUT2D eigenvalue weighted by atomic mass is 19.4. The van der Waals surface area contributed by atoms with Crippen molar-refractivity contribution in [2.45, 2.75) is 12.4 Å². The first kappa shape index (κ1) is 28.4. The van der Waals surface area contributed by atoms with Crippen molar-refractivity contribution in [1.82, 2.24) is 4.98 Å². The van der Waals surface area contributed by atoms with Gasteiger partial charge in [0.2, 0.25) is 5.89 Å². The van der Waals surface area contributed by atoms with Crippen LogP contribution in [0.1, 0.15) is 11.1 Å². The molecule has 1 heterocycles. The Hall–Kier alpha value is -5.37. The first-order valence-corrected chi connectivity index (χ1v) is 13.9. The van der Waals surface area contributed by atoms with Crippen molar-refractivity contribution in [3.8, 4) is 44.8 Å². The van der Waals surface area contributed by atoms with Crippen molar-refractivity contribution in [2.75, 3.05) is 0 Å². The first-order valence-electron chi connectivity index (χ1n) is 13.9. The van der Waals surface area contributed by atoms with Gasteiger partial charge >= 0.3 is 12.4 Å². The standard InChI is InChI=1S/C37H21F6NO/c38-36(39,40)31-19-30(20-32(21-31)37(41,42)43)24-7-5-22(6-8-24)26-13-15-29-18-27(14-16-28(29)17-26)23-9-11-25(12-10-23)35-44-33-3-1-2-4-34(33)45-35/h1-21H. The van der Waals surface area contributed by atoms with Gasteiger partial charge in [-0.25, -0.2) is 4.98 Å². The topological polar surface area (TPSA) is 26.0 Å². The lowest BCUT2D eigenvalue weighted by Gasteiger charge is -2.14. The molecule has 0 radical (unpaired) electrons. The Balaban J connectivity index is 1.14. The molecule has 0 unspecified atom stereocenters. The van der Waals surface area contributed by atoms with Crippen LogP contribution in [0.4, 0.5) is 26.3 Å². The zero-order valence-electron chi connectivity index (χ0n) is 23.2. The number of aromatic nitrogens is 1. The van der Waals surface area contributed by atoms with Gasteiger partial charge in [-0.15, -0.1) is 0 Å². The highest BCUT2D eigenvalue weighted by Crippen LogP contribution is 2.39. The maximum Gasteiger partial charge on any atom is 0.416 e. The second-order valence-electron chi connectivity index (χ2n) is 10.7. The van der Waals surface area contributed by atoms with Crippen molar-refractivity contribution in [2.24, 2.45) is 0 Å². The Morgan fingerprint density at radius 1 is 0.422 bits per heavy atom. The number of hydrogen-bond acceptors (Lipinski definition) is 2. The van der Waals surface area contributed by atoms with Gasteiger partial charge in [-0.2, -0.15) is 26.3 Å². The van der Waals surface area contributed by atoms with Crippen LogP contribution in [0.3, 0.4) is 0 Å². The summed E-state index contributed by atoms with van der Waals surface area (Å²) in [5.41, 5.74) is 3.52. The van der Waals surface area contributed by atoms with Gasteiger partial charge in [0.05, 0.1) is 11.1 Å². The number of oxazole rings is 1. The summed E-state index contributed by atoms with van der Waals surface area (Å²) in [5, 5.41) is 2.00. The normalized spacial score (nSPS) is 12.2. The predicted octanol–water partition coefficient (Wildman–Crippen LogP) is 11.7. The number of para-hydroxylation sites is 2. The van der Waals surface area contributed by atoms with Crippen molar-refractivity contribution in [3.63, 3.8) is 0 Å². The minimum atomic E-state index is -4.91. The van der Waals surface area contributed by atoms with E-state index in [1.807, 2.05) is 78.9 Å². The van der Waals surface area contributed by atoms with Crippen LogP contribution in [0.5, 0.6) is 0 Å². The zero-order valence-corrected chi connectivity index (χ0v) is 23.2. The highest BCUT2D eigenvalue weighted by molar-refractivity contribution is 5.91. The minimum absolute atomic E-state index is 0.132. The Bertz CT molecular complexity index is 2110. The molecule has 0 aliphatic heterocycles. The number of rotatable bonds is 4. The van der Waals surface area contributed by atoms with Gasteiger partial charge in [-0.05, 0) is 98.8 Å². The molecule has 7 rings (SSSR count). The van der Waals surface area contributed by atoms with E-state index in [0.29, 0.717) is 5.89 Å². The van der Waals surface area contributed by atoms with Crippen molar-refractivity contribution < 1.29 is 30.8 Å². The van der Waals surface area contributed by atoms with E-state index in [4.69, 9.17) is 4.42 Å². The van der Waals surface area contributed by atoms with Gasteiger partial charge in [0, 0.05) is 5.56 Å². The van der Waals surface area contributed by atoms with Crippen LogP contribution in [0.15, 0.2) is 132 Å². The molecule has 2 nitrogen and oxygen atoms in total. The summed E-state index contributed by atoms with van der Waals surface area (Å²) in [7, 11) is 0. The van der Waals surface area contributed by atoms with Crippen molar-refractivity contribution >= 4 is 21.9 Å². The fourth-order valence-electron chi connectivity index (χ4n) is 5.38. The fourth-order valence-corrected chi connectivity index (χ4v) is 5.38. The van der Waals surface area contributed by atoms with E-state index in [-0.39, 0.29) is 17.2 Å². The van der Waals surface area contributed by atoms with Crippen LogP contribution in [-0.4, -0.2) is 4.98 Å². The minimum Gasteiger partial charge on any atom is -0.436 e. The molecular formula is C37H21F6NO. The third-order valence-electron chi connectivity index (χ3n) is 7.74. The molecule has 222 valence electrons. The Kier molecular flexibility index (Phi) is 6.73. The third kappa shape index (κ3) is 5.67. The SMILES string of the molecule is FC(F)(F)c1cc(-c2ccc(-c3ccc4cc(-c5ccc(-c6nc7ccccc7o6)cc5)ccc4c3)cc2)cc(C(F)(F)F)c1. The summed E-state index contributed by atoms with van der Waals surface area (Å²) in [5.74, 6) is 0.558. The number of benzene rings is 6. The van der Waals surface area contributed by atoms with E-state index >= 15 is 0 Å². The van der Waals surface area contributed by atoms with E-state index < -0.39 is 23.5 Å². The largest absolute Gasteiger partial charge is 0.436 e. The van der Waals surface area contributed by atoms with Gasteiger partial charge in [-0.1, -0.05) is 72.8 Å². The molecule has 45 heavy (non-hydrogen) atoms. The van der Waals surface area contributed by atoms with Gasteiger partial charge in [-0.3, -0.25) is 0 Å². The fraction of sp³-hybridized carbons (Fsp3) is 0.0541. The van der Waals surface area contributed by atoms with Crippen LogP contribution >= 0.6 is 0 Å². The average molecular weight is 610 g/mol. The van der Waals surface area contributed by atoms with Gasteiger partial charge in [0.25, 0.3) is 0 Å². The molecule has 0 amide bonds. The Labute approximate surface area is 253 Å². The summed E-state index contributed by atoms with van der Waals surface area (Å²) in [6.07, 6.45) is -9.81. The number of fused-ring (bicyclic) bond motifs is 2. The van der Waals surface area contributed by atoms with E-state index in [1.54, 1.807) is 12.1 Å².